The highest BCUT2D eigenvalue weighted by molar-refractivity contribution is 5.54. The van der Waals surface area contributed by atoms with Gasteiger partial charge in [-0.3, -0.25) is 0 Å². The van der Waals surface area contributed by atoms with Crippen molar-refractivity contribution < 1.29 is 5.11 Å². The first-order chi connectivity index (χ1) is 6.20. The van der Waals surface area contributed by atoms with Gasteiger partial charge in [-0.2, -0.15) is 0 Å². The van der Waals surface area contributed by atoms with Crippen molar-refractivity contribution in [3.8, 4) is 0 Å². The highest BCUT2D eigenvalue weighted by Crippen LogP contribution is 2.12. The molecule has 70 valence electrons. The third-order valence-electron chi connectivity index (χ3n) is 1.54. The van der Waals surface area contributed by atoms with Crippen LogP contribution in [0, 0.1) is 0 Å². The Bertz CT molecular complexity index is 270. The number of hydrogen-bond acceptors (Lipinski definition) is 2. The fraction of sp³-hybridized carbons (Fsp3) is 0.300. The van der Waals surface area contributed by atoms with Gasteiger partial charge < -0.3 is 10.0 Å². The van der Waals surface area contributed by atoms with E-state index in [9.17, 15) is 5.11 Å². The summed E-state index contributed by atoms with van der Waals surface area (Å²) in [5.74, 6) is 0. The molecule has 0 fully saturated rings. The zero-order valence-electron chi connectivity index (χ0n) is 7.88. The highest BCUT2D eigenvalue weighted by Gasteiger charge is 2.01. The van der Waals surface area contributed by atoms with Crippen molar-refractivity contribution in [3.05, 3.63) is 35.9 Å². The molecule has 1 atom stereocenters. The lowest BCUT2D eigenvalue weighted by Crippen LogP contribution is -2.09. The molecule has 1 unspecified atom stereocenters. The second kappa shape index (κ2) is 4.62. The Morgan fingerprint density at radius 2 is 1.92 bits per heavy atom. The van der Waals surface area contributed by atoms with Crippen LogP contribution in [-0.4, -0.2) is 30.4 Å². The summed E-state index contributed by atoms with van der Waals surface area (Å²) in [7, 11) is 3.72. The van der Waals surface area contributed by atoms with E-state index in [1.54, 1.807) is 11.2 Å². The molecule has 0 bridgehead atoms. The molecule has 1 N–H and O–H groups in total. The fourth-order valence-electron chi connectivity index (χ4n) is 0.908. The van der Waals surface area contributed by atoms with Gasteiger partial charge in [0, 0.05) is 19.7 Å². The first-order valence-electron chi connectivity index (χ1n) is 4.13. The average Bonchev–Trinajstić information content (AvgIpc) is 2.15. The van der Waals surface area contributed by atoms with Crippen LogP contribution in [0.2, 0.25) is 0 Å². The van der Waals surface area contributed by atoms with Crippen molar-refractivity contribution in [3.63, 3.8) is 0 Å². The highest BCUT2D eigenvalue weighted by atomic mass is 16.3. The molecule has 0 aliphatic rings. The summed E-state index contributed by atoms with van der Waals surface area (Å²) in [6.45, 7) is 0. The van der Waals surface area contributed by atoms with Crippen molar-refractivity contribution in [2.75, 3.05) is 14.1 Å². The number of benzene rings is 1. The molecule has 3 heteroatoms. The molecule has 1 rings (SSSR count). The van der Waals surface area contributed by atoms with E-state index >= 15 is 0 Å². The Morgan fingerprint density at radius 3 is 2.46 bits per heavy atom. The largest absolute Gasteiger partial charge is 0.369 e. The zero-order chi connectivity index (χ0) is 9.68. The number of aliphatic imine (C=N–C) groups is 1. The van der Waals surface area contributed by atoms with Crippen LogP contribution in [0.4, 0.5) is 0 Å². The SMILES string of the molecule is CN(C)C=NC(O)c1ccccc1. The second-order valence-corrected chi connectivity index (χ2v) is 3.01. The van der Waals surface area contributed by atoms with Crippen molar-refractivity contribution in [2.45, 2.75) is 6.23 Å². The summed E-state index contributed by atoms with van der Waals surface area (Å²) >= 11 is 0. The number of aliphatic hydroxyl groups is 1. The fourth-order valence-corrected chi connectivity index (χ4v) is 0.908. The summed E-state index contributed by atoms with van der Waals surface area (Å²) in [5.41, 5.74) is 0.806. The van der Waals surface area contributed by atoms with Crippen LogP contribution in [0.5, 0.6) is 0 Å². The molecule has 3 nitrogen and oxygen atoms in total. The van der Waals surface area contributed by atoms with Gasteiger partial charge in [0.1, 0.15) is 0 Å². The van der Waals surface area contributed by atoms with Gasteiger partial charge in [0.15, 0.2) is 6.23 Å². The van der Waals surface area contributed by atoms with Crippen molar-refractivity contribution in [1.82, 2.24) is 4.90 Å². The molecule has 13 heavy (non-hydrogen) atoms. The normalized spacial score (nSPS) is 13.2. The molecule has 0 amide bonds. The summed E-state index contributed by atoms with van der Waals surface area (Å²) in [6.07, 6.45) is 0.834. The Morgan fingerprint density at radius 1 is 1.31 bits per heavy atom. The van der Waals surface area contributed by atoms with Gasteiger partial charge >= 0.3 is 0 Å². The summed E-state index contributed by atoms with van der Waals surface area (Å²) in [6, 6.07) is 9.36. The first-order valence-corrected chi connectivity index (χ1v) is 4.13. The Labute approximate surface area is 78.3 Å². The molecule has 0 aromatic heterocycles. The van der Waals surface area contributed by atoms with Crippen molar-refractivity contribution in [2.24, 2.45) is 4.99 Å². The standard InChI is InChI=1S/C10H14N2O/c1-12(2)8-11-10(13)9-6-4-3-5-7-9/h3-8,10,13H,1-2H3. The molecule has 0 radical (unpaired) electrons. The van der Waals surface area contributed by atoms with E-state index < -0.39 is 6.23 Å². The second-order valence-electron chi connectivity index (χ2n) is 3.01. The Hall–Kier alpha value is -1.35. The van der Waals surface area contributed by atoms with Crippen LogP contribution >= 0.6 is 0 Å². The Kier molecular flexibility index (Phi) is 3.46. The van der Waals surface area contributed by atoms with Gasteiger partial charge in [0.2, 0.25) is 0 Å². The smallest absolute Gasteiger partial charge is 0.172 e. The molecule has 1 aromatic rings. The lowest BCUT2D eigenvalue weighted by Gasteiger charge is -2.07. The van der Waals surface area contributed by atoms with E-state index in [1.165, 1.54) is 0 Å². The Balaban J connectivity index is 2.64. The van der Waals surface area contributed by atoms with Gasteiger partial charge in [0.05, 0.1) is 6.34 Å². The third-order valence-corrected chi connectivity index (χ3v) is 1.54. The molecule has 0 aliphatic heterocycles. The molecule has 0 saturated carbocycles. The number of nitrogens with zero attached hydrogens (tertiary/aromatic N) is 2. The van der Waals surface area contributed by atoms with Gasteiger partial charge in [-0.1, -0.05) is 30.3 Å². The maximum Gasteiger partial charge on any atom is 0.172 e. The van der Waals surface area contributed by atoms with Gasteiger partial charge in [-0.05, 0) is 0 Å². The van der Waals surface area contributed by atoms with E-state index in [1.807, 2.05) is 44.4 Å². The molecular formula is C10H14N2O. The molecule has 0 saturated heterocycles. The van der Waals surface area contributed by atoms with Crippen LogP contribution in [0.25, 0.3) is 0 Å². The van der Waals surface area contributed by atoms with Crippen molar-refractivity contribution >= 4 is 6.34 Å². The third kappa shape index (κ3) is 3.25. The molecule has 0 aliphatic carbocycles. The van der Waals surface area contributed by atoms with Crippen molar-refractivity contribution in [1.29, 1.82) is 0 Å². The van der Waals surface area contributed by atoms with Gasteiger partial charge in [-0.15, -0.1) is 0 Å². The summed E-state index contributed by atoms with van der Waals surface area (Å²) in [4.78, 5) is 5.73. The van der Waals surface area contributed by atoms with E-state index in [4.69, 9.17) is 0 Å². The van der Waals surface area contributed by atoms with Crippen LogP contribution in [-0.2, 0) is 0 Å². The number of aliphatic hydroxyl groups excluding tert-OH is 1. The van der Waals surface area contributed by atoms with Crippen LogP contribution in [0.1, 0.15) is 11.8 Å². The lowest BCUT2D eigenvalue weighted by molar-refractivity contribution is 0.188. The molecule has 1 aromatic carbocycles. The minimum Gasteiger partial charge on any atom is -0.369 e. The van der Waals surface area contributed by atoms with Gasteiger partial charge in [-0.25, -0.2) is 4.99 Å². The zero-order valence-corrected chi connectivity index (χ0v) is 7.88. The lowest BCUT2D eigenvalue weighted by atomic mass is 10.2. The molecule has 0 heterocycles. The topological polar surface area (TPSA) is 35.8 Å². The van der Waals surface area contributed by atoms with Crippen LogP contribution in [0.3, 0.4) is 0 Å². The maximum atomic E-state index is 9.54. The van der Waals surface area contributed by atoms with E-state index in [0.29, 0.717) is 0 Å². The number of hydrogen-bond donors (Lipinski definition) is 1. The summed E-state index contributed by atoms with van der Waals surface area (Å²) in [5, 5.41) is 9.54. The monoisotopic (exact) mass is 178 g/mol. The predicted octanol–water partition coefficient (Wildman–Crippen LogP) is 1.27. The minimum atomic E-state index is -0.761. The van der Waals surface area contributed by atoms with E-state index in [0.717, 1.165) is 5.56 Å². The average molecular weight is 178 g/mol. The molecule has 0 spiro atoms. The quantitative estimate of drug-likeness (QED) is 0.559. The maximum absolute atomic E-state index is 9.54. The first kappa shape index (κ1) is 9.74. The minimum absolute atomic E-state index is 0.761. The van der Waals surface area contributed by atoms with E-state index in [-0.39, 0.29) is 0 Å². The predicted molar refractivity (Wildman–Crippen MR) is 53.6 cm³/mol. The van der Waals surface area contributed by atoms with E-state index in [2.05, 4.69) is 4.99 Å². The summed E-state index contributed by atoms with van der Waals surface area (Å²) < 4.78 is 0. The van der Waals surface area contributed by atoms with Crippen LogP contribution in [0.15, 0.2) is 35.3 Å². The van der Waals surface area contributed by atoms with Crippen LogP contribution < -0.4 is 0 Å². The molecular weight excluding hydrogens is 164 g/mol. The number of rotatable bonds is 3. The van der Waals surface area contributed by atoms with Gasteiger partial charge in [0.25, 0.3) is 0 Å².